The van der Waals surface area contributed by atoms with Crippen molar-refractivity contribution in [2.75, 3.05) is 5.34 Å². The number of alkyl halides is 2. The molecule has 8 rings (SSSR count). The first kappa shape index (κ1) is 34.9. The zero-order valence-corrected chi connectivity index (χ0v) is 27.7. The molecule has 0 spiro atoms. The van der Waals surface area contributed by atoms with Gasteiger partial charge in [-0.1, -0.05) is 24.4 Å². The third-order valence-corrected chi connectivity index (χ3v) is 6.73. The standard InChI is InChI=1S/2C12H6N4S.CH2Cl2.2CNS.Fe/c2*1-3-7-9(13-5-1)10-8(4-2-6-14-10)12-11(7)15-17-16-12;3*2-1-3;/h2*1-6H;1H2;;;/q;;;2*-1;+2. The number of isothiocyanates is 2. The van der Waals surface area contributed by atoms with Crippen molar-refractivity contribution in [1.82, 2.24) is 37.4 Å². The maximum atomic E-state index is 7.13. The minimum Gasteiger partial charge on any atom is -0.753 e. The fourth-order valence-corrected chi connectivity index (χ4v) is 5.37. The van der Waals surface area contributed by atoms with E-state index < -0.39 is 0 Å². The molecule has 0 radical (unpaired) electrons. The van der Waals surface area contributed by atoms with Crippen molar-refractivity contribution < 1.29 is 17.1 Å². The van der Waals surface area contributed by atoms with Crippen LogP contribution in [0.15, 0.2) is 73.3 Å². The first-order chi connectivity index (χ1) is 21.1. The van der Waals surface area contributed by atoms with Crippen LogP contribution in [0.1, 0.15) is 0 Å². The Balaban J connectivity index is 0.000000187. The molecule has 0 N–H and O–H groups in total. The quantitative estimate of drug-likeness (QED) is 0.0490. The molecule has 17 heteroatoms. The van der Waals surface area contributed by atoms with E-state index in [1.54, 1.807) is 24.8 Å². The van der Waals surface area contributed by atoms with Crippen LogP contribution < -0.4 is 0 Å². The molecular weight excluding hydrogens is 719 g/mol. The number of nitrogens with zero attached hydrogens (tertiary/aromatic N) is 10. The second-order valence-corrected chi connectivity index (χ2v) is 10.0. The number of rotatable bonds is 0. The number of halogens is 2. The molecule has 0 amide bonds. The molecule has 44 heavy (non-hydrogen) atoms. The van der Waals surface area contributed by atoms with Gasteiger partial charge in [-0.05, 0) is 48.5 Å². The van der Waals surface area contributed by atoms with Gasteiger partial charge in [-0.25, -0.2) is 0 Å². The summed E-state index contributed by atoms with van der Waals surface area (Å²) in [4.78, 5) is 17.7. The maximum Gasteiger partial charge on any atom is 2.00 e. The van der Waals surface area contributed by atoms with Crippen LogP contribution in [-0.4, -0.2) is 53.1 Å². The normalized spacial score (nSPS) is 9.68. The first-order valence-corrected chi connectivity index (χ1v) is 15.1. The van der Waals surface area contributed by atoms with Crippen molar-refractivity contribution >= 4 is 147 Å². The van der Waals surface area contributed by atoms with Gasteiger partial charge in [0.1, 0.15) is 22.1 Å². The van der Waals surface area contributed by atoms with Crippen LogP contribution in [0, 0.1) is 0 Å². The molecule has 10 nitrogen and oxygen atoms in total. The number of benzene rings is 2. The molecule has 0 aliphatic rings. The minimum absolute atomic E-state index is 0. The summed E-state index contributed by atoms with van der Waals surface area (Å²) in [5.74, 6) is 0. The van der Waals surface area contributed by atoms with E-state index in [1.807, 2.05) is 48.5 Å². The van der Waals surface area contributed by atoms with Crippen LogP contribution in [0.4, 0.5) is 0 Å². The van der Waals surface area contributed by atoms with Crippen LogP contribution in [-0.2, 0) is 17.1 Å². The van der Waals surface area contributed by atoms with Crippen LogP contribution in [0.2, 0.25) is 0 Å². The summed E-state index contributed by atoms with van der Waals surface area (Å²) in [6.45, 7) is 0. The summed E-state index contributed by atoms with van der Waals surface area (Å²) < 4.78 is 17.4. The topological polar surface area (TPSA) is 148 Å². The molecule has 6 aromatic heterocycles. The molecule has 0 unspecified atom stereocenters. The number of fused-ring (bicyclic) bond motifs is 12. The third-order valence-electron chi connectivity index (χ3n) is 5.68. The van der Waals surface area contributed by atoms with Crippen molar-refractivity contribution in [3.8, 4) is 0 Å². The van der Waals surface area contributed by atoms with E-state index >= 15 is 0 Å². The second-order valence-electron chi connectivity index (χ2n) is 7.80. The Kier molecular flexibility index (Phi) is 14.0. The Bertz CT molecular complexity index is 1940. The summed E-state index contributed by atoms with van der Waals surface area (Å²) in [5.41, 5.74) is 7.23. The number of hydrogen-bond donors (Lipinski definition) is 0. The molecule has 0 atom stereocenters. The summed E-state index contributed by atoms with van der Waals surface area (Å²) in [6.07, 6.45) is 7.12. The number of pyridine rings is 4. The average molecular weight is 733 g/mol. The van der Waals surface area contributed by atoms with Crippen molar-refractivity contribution in [2.24, 2.45) is 0 Å². The average Bonchev–Trinajstić information content (AvgIpc) is 3.75. The molecule has 0 aliphatic carbocycles. The number of thiocarbonyl (C=S) groups is 2. The Hall–Kier alpha value is -3.58. The Labute approximate surface area is 289 Å². The van der Waals surface area contributed by atoms with Gasteiger partial charge in [0, 0.05) is 46.3 Å². The van der Waals surface area contributed by atoms with Gasteiger partial charge in [-0.15, -0.1) is 23.2 Å². The van der Waals surface area contributed by atoms with Crippen LogP contribution in [0.5, 0.6) is 0 Å². The molecule has 0 saturated carbocycles. The fraction of sp³-hybridized carbons (Fsp3) is 0.0370. The van der Waals surface area contributed by atoms with Crippen molar-refractivity contribution in [1.29, 1.82) is 0 Å². The van der Waals surface area contributed by atoms with E-state index in [0.29, 0.717) is 0 Å². The second kappa shape index (κ2) is 17.6. The SMILES string of the molecule is ClCCl.[Fe+2].[N-]=C=S.[N-]=C=S.c1cnc2c(c1)c1nsnc1c1cccnc12.c1cnc2c(c1)c1nsnc1c1cccnc12. The predicted molar refractivity (Wildman–Crippen MR) is 185 cm³/mol. The Morgan fingerprint density at radius 1 is 0.523 bits per heavy atom. The van der Waals surface area contributed by atoms with Crippen molar-refractivity contribution in [2.45, 2.75) is 0 Å². The van der Waals surface area contributed by atoms with E-state index in [0.717, 1.165) is 65.7 Å². The van der Waals surface area contributed by atoms with Gasteiger partial charge in [0.2, 0.25) is 0 Å². The van der Waals surface area contributed by atoms with Crippen LogP contribution >= 0.6 is 71.1 Å². The number of hydrogen-bond acceptors (Lipinski definition) is 12. The molecule has 0 saturated heterocycles. The Morgan fingerprint density at radius 2 is 0.727 bits per heavy atom. The third kappa shape index (κ3) is 7.55. The van der Waals surface area contributed by atoms with Crippen molar-refractivity contribution in [3.63, 3.8) is 0 Å². The molecule has 8 aromatic rings. The first-order valence-electron chi connectivity index (χ1n) is 11.8. The van der Waals surface area contributed by atoms with Crippen LogP contribution in [0.3, 0.4) is 0 Å². The van der Waals surface area contributed by atoms with E-state index in [4.69, 9.17) is 34.0 Å². The fourth-order valence-electron chi connectivity index (χ4n) is 4.22. The van der Waals surface area contributed by atoms with Gasteiger partial charge in [-0.2, -0.15) is 27.8 Å². The molecule has 0 fully saturated rings. The monoisotopic (exact) mass is 732 g/mol. The molecule has 218 valence electrons. The van der Waals surface area contributed by atoms with Gasteiger partial charge in [0.25, 0.3) is 0 Å². The predicted octanol–water partition coefficient (Wildman–Crippen LogP) is 8.31. The molecule has 2 aromatic carbocycles. The minimum atomic E-state index is 0. The smallest absolute Gasteiger partial charge is 0.753 e. The molecule has 0 bridgehead atoms. The summed E-state index contributed by atoms with van der Waals surface area (Å²) in [7, 11) is 0. The number of aromatic nitrogens is 8. The molecule has 0 aliphatic heterocycles. The van der Waals surface area contributed by atoms with E-state index in [-0.39, 0.29) is 22.4 Å². The Morgan fingerprint density at radius 3 is 0.932 bits per heavy atom. The molecular formula is C27H14Cl2FeN10S4. The largest absolute Gasteiger partial charge is 2.00 e. The maximum absolute atomic E-state index is 7.13. The summed E-state index contributed by atoms with van der Waals surface area (Å²) in [5, 5.41) is 21.2. The molecule has 6 heterocycles. The van der Waals surface area contributed by atoms with Crippen molar-refractivity contribution in [3.05, 3.63) is 84.1 Å². The van der Waals surface area contributed by atoms with E-state index in [1.165, 1.54) is 33.8 Å². The summed E-state index contributed by atoms with van der Waals surface area (Å²) >= 11 is 19.4. The zero-order chi connectivity index (χ0) is 30.6. The van der Waals surface area contributed by atoms with Gasteiger partial charge >= 0.3 is 17.1 Å². The van der Waals surface area contributed by atoms with E-state index in [2.05, 4.69) is 61.9 Å². The van der Waals surface area contributed by atoms with Gasteiger partial charge in [0.05, 0.1) is 50.9 Å². The van der Waals surface area contributed by atoms with Gasteiger partial charge < -0.3 is 10.8 Å². The van der Waals surface area contributed by atoms with Crippen LogP contribution in [0.25, 0.3) is 76.5 Å². The van der Waals surface area contributed by atoms with Gasteiger partial charge in [0.15, 0.2) is 0 Å². The summed E-state index contributed by atoms with van der Waals surface area (Å²) in [6, 6.07) is 15.7. The zero-order valence-electron chi connectivity index (χ0n) is 21.8. The van der Waals surface area contributed by atoms with E-state index in [9.17, 15) is 0 Å². The van der Waals surface area contributed by atoms with Gasteiger partial charge in [-0.3, -0.25) is 19.9 Å².